The fourth-order valence-corrected chi connectivity index (χ4v) is 2.13. The van der Waals surface area contributed by atoms with E-state index in [-0.39, 0.29) is 5.91 Å². The number of likely N-dealkylation sites (N-methyl/N-ethyl adjacent to an activating group) is 1. The Kier molecular flexibility index (Phi) is 2.39. The Morgan fingerprint density at radius 1 is 1.40 bits per heavy atom. The topological polar surface area (TPSA) is 32.3 Å². The molecule has 80 valence electrons. The van der Waals surface area contributed by atoms with E-state index in [0.717, 1.165) is 17.9 Å². The maximum Gasteiger partial charge on any atom is 0.246 e. The number of fused-ring (bicyclic) bond motifs is 1. The average Bonchev–Trinajstić information content (AvgIpc) is 2.17. The van der Waals surface area contributed by atoms with Crippen LogP contribution in [0.5, 0.6) is 0 Å². The summed E-state index contributed by atoms with van der Waals surface area (Å²) in [6.45, 7) is 7.27. The van der Waals surface area contributed by atoms with Crippen LogP contribution in [0.1, 0.15) is 18.1 Å². The highest BCUT2D eigenvalue weighted by Crippen LogP contribution is 2.33. The van der Waals surface area contributed by atoms with E-state index in [4.69, 9.17) is 0 Å². The van der Waals surface area contributed by atoms with Crippen LogP contribution in [0, 0.1) is 13.8 Å². The molecule has 1 amide bonds. The van der Waals surface area contributed by atoms with Gasteiger partial charge in [0.1, 0.15) is 0 Å². The fraction of sp³-hybridized carbons (Fsp3) is 0.417. The maximum atomic E-state index is 11.7. The minimum Gasteiger partial charge on any atom is -0.374 e. The summed E-state index contributed by atoms with van der Waals surface area (Å²) in [5.74, 6) is 0.148. The first-order valence-corrected chi connectivity index (χ1v) is 5.29. The Hall–Kier alpha value is -1.51. The number of anilines is 2. The van der Waals surface area contributed by atoms with E-state index in [1.807, 2.05) is 11.8 Å². The molecule has 2 rings (SSSR count). The molecule has 1 N–H and O–H groups in total. The van der Waals surface area contributed by atoms with Gasteiger partial charge in [-0.05, 0) is 38.0 Å². The van der Waals surface area contributed by atoms with E-state index in [1.165, 1.54) is 11.1 Å². The summed E-state index contributed by atoms with van der Waals surface area (Å²) < 4.78 is 0. The molecule has 3 heteroatoms. The van der Waals surface area contributed by atoms with Crippen molar-refractivity contribution in [3.63, 3.8) is 0 Å². The van der Waals surface area contributed by atoms with Gasteiger partial charge in [-0.1, -0.05) is 6.07 Å². The fourth-order valence-electron chi connectivity index (χ4n) is 2.13. The minimum atomic E-state index is 0.148. The molecule has 1 aliphatic heterocycles. The van der Waals surface area contributed by atoms with Crippen LogP contribution in [0.15, 0.2) is 12.1 Å². The molecule has 0 unspecified atom stereocenters. The van der Waals surface area contributed by atoms with Crippen LogP contribution < -0.4 is 10.2 Å². The molecule has 0 bridgehead atoms. The Balaban J connectivity index is 2.57. The second-order valence-electron chi connectivity index (χ2n) is 3.97. The van der Waals surface area contributed by atoms with Crippen LogP contribution in [0.4, 0.5) is 11.4 Å². The van der Waals surface area contributed by atoms with Gasteiger partial charge in [-0.2, -0.15) is 0 Å². The van der Waals surface area contributed by atoms with Crippen molar-refractivity contribution in [3.8, 4) is 0 Å². The SMILES string of the molecule is CCN1C(=O)CNc2c(C)cc(C)cc21. The molecule has 0 atom stereocenters. The van der Waals surface area contributed by atoms with E-state index >= 15 is 0 Å². The molecule has 0 saturated carbocycles. The standard InChI is InChI=1S/C12H16N2O/c1-4-14-10-6-8(2)5-9(3)12(10)13-7-11(14)15/h5-6,13H,4,7H2,1-3H3. The zero-order valence-electron chi connectivity index (χ0n) is 9.42. The molecular formula is C12H16N2O. The molecule has 0 fully saturated rings. The van der Waals surface area contributed by atoms with Crippen molar-refractivity contribution in [1.29, 1.82) is 0 Å². The average molecular weight is 204 g/mol. The summed E-state index contributed by atoms with van der Waals surface area (Å²) in [7, 11) is 0. The van der Waals surface area contributed by atoms with E-state index in [1.54, 1.807) is 0 Å². The Bertz CT molecular complexity index is 412. The molecule has 1 aromatic carbocycles. The number of nitrogens with zero attached hydrogens (tertiary/aromatic N) is 1. The maximum absolute atomic E-state index is 11.7. The van der Waals surface area contributed by atoms with Crippen molar-refractivity contribution >= 4 is 17.3 Å². The highest BCUT2D eigenvalue weighted by molar-refractivity contribution is 6.03. The lowest BCUT2D eigenvalue weighted by atomic mass is 10.1. The lowest BCUT2D eigenvalue weighted by Crippen LogP contribution is -2.40. The van der Waals surface area contributed by atoms with Gasteiger partial charge in [0.2, 0.25) is 5.91 Å². The number of amides is 1. The monoisotopic (exact) mass is 204 g/mol. The number of carbonyl (C=O) groups excluding carboxylic acids is 1. The number of hydrogen-bond acceptors (Lipinski definition) is 2. The van der Waals surface area contributed by atoms with E-state index in [9.17, 15) is 4.79 Å². The zero-order chi connectivity index (χ0) is 11.0. The lowest BCUT2D eigenvalue weighted by molar-refractivity contribution is -0.117. The third-order valence-corrected chi connectivity index (χ3v) is 2.78. The van der Waals surface area contributed by atoms with Gasteiger partial charge in [0.25, 0.3) is 0 Å². The number of rotatable bonds is 1. The van der Waals surface area contributed by atoms with Crippen molar-refractivity contribution < 1.29 is 4.79 Å². The summed E-state index contributed by atoms with van der Waals surface area (Å²) in [4.78, 5) is 13.5. The predicted octanol–water partition coefficient (Wildman–Crippen LogP) is 2.08. The quantitative estimate of drug-likeness (QED) is 0.759. The first-order valence-electron chi connectivity index (χ1n) is 5.29. The molecule has 0 radical (unpaired) electrons. The highest BCUT2D eigenvalue weighted by atomic mass is 16.2. The van der Waals surface area contributed by atoms with Gasteiger partial charge in [0.15, 0.2) is 0 Å². The largest absolute Gasteiger partial charge is 0.374 e. The van der Waals surface area contributed by atoms with Crippen molar-refractivity contribution in [2.75, 3.05) is 23.3 Å². The van der Waals surface area contributed by atoms with Crippen molar-refractivity contribution in [2.24, 2.45) is 0 Å². The number of benzene rings is 1. The Morgan fingerprint density at radius 3 is 2.80 bits per heavy atom. The van der Waals surface area contributed by atoms with Gasteiger partial charge < -0.3 is 10.2 Å². The van der Waals surface area contributed by atoms with Crippen LogP contribution in [0.2, 0.25) is 0 Å². The molecule has 0 saturated heterocycles. The van der Waals surface area contributed by atoms with Gasteiger partial charge in [0.05, 0.1) is 17.9 Å². The Labute approximate surface area is 90.1 Å². The first-order chi connectivity index (χ1) is 7.13. The van der Waals surface area contributed by atoms with Crippen LogP contribution in [-0.2, 0) is 4.79 Å². The summed E-state index contributed by atoms with van der Waals surface area (Å²) in [5, 5.41) is 3.18. The first kappa shape index (κ1) is 10.0. The highest BCUT2D eigenvalue weighted by Gasteiger charge is 2.23. The van der Waals surface area contributed by atoms with Crippen LogP contribution >= 0.6 is 0 Å². The minimum absolute atomic E-state index is 0.148. The molecule has 15 heavy (non-hydrogen) atoms. The van der Waals surface area contributed by atoms with Crippen LogP contribution in [0.3, 0.4) is 0 Å². The smallest absolute Gasteiger partial charge is 0.246 e. The summed E-state index contributed by atoms with van der Waals surface area (Å²) in [6, 6.07) is 4.20. The zero-order valence-corrected chi connectivity index (χ0v) is 9.42. The third kappa shape index (κ3) is 1.58. The second kappa shape index (κ2) is 3.57. The van der Waals surface area contributed by atoms with Crippen LogP contribution in [0.25, 0.3) is 0 Å². The number of nitrogens with one attached hydrogen (secondary N) is 1. The predicted molar refractivity (Wildman–Crippen MR) is 62.4 cm³/mol. The molecule has 0 aromatic heterocycles. The van der Waals surface area contributed by atoms with Crippen molar-refractivity contribution in [1.82, 2.24) is 0 Å². The van der Waals surface area contributed by atoms with Gasteiger partial charge >= 0.3 is 0 Å². The molecular weight excluding hydrogens is 188 g/mol. The molecule has 3 nitrogen and oxygen atoms in total. The molecule has 0 aliphatic carbocycles. The summed E-state index contributed by atoms with van der Waals surface area (Å²) in [6.07, 6.45) is 0. The molecule has 1 aromatic rings. The van der Waals surface area contributed by atoms with Crippen molar-refractivity contribution in [3.05, 3.63) is 23.3 Å². The van der Waals surface area contributed by atoms with Crippen LogP contribution in [-0.4, -0.2) is 19.0 Å². The molecule has 1 heterocycles. The summed E-state index contributed by atoms with van der Waals surface area (Å²) in [5.41, 5.74) is 4.52. The lowest BCUT2D eigenvalue weighted by Gasteiger charge is -2.30. The van der Waals surface area contributed by atoms with E-state index < -0.39 is 0 Å². The normalized spacial score (nSPS) is 14.9. The number of carbonyl (C=O) groups is 1. The molecule has 1 aliphatic rings. The van der Waals surface area contributed by atoms with Gasteiger partial charge in [-0.3, -0.25) is 4.79 Å². The Morgan fingerprint density at radius 2 is 2.13 bits per heavy atom. The van der Waals surface area contributed by atoms with E-state index in [2.05, 4.69) is 31.3 Å². The summed E-state index contributed by atoms with van der Waals surface area (Å²) >= 11 is 0. The molecule has 0 spiro atoms. The van der Waals surface area contributed by atoms with Crippen molar-refractivity contribution in [2.45, 2.75) is 20.8 Å². The van der Waals surface area contributed by atoms with E-state index in [0.29, 0.717) is 6.54 Å². The second-order valence-corrected chi connectivity index (χ2v) is 3.97. The third-order valence-electron chi connectivity index (χ3n) is 2.78. The number of hydrogen-bond donors (Lipinski definition) is 1. The van der Waals surface area contributed by atoms with Gasteiger partial charge in [0, 0.05) is 6.54 Å². The van der Waals surface area contributed by atoms with Gasteiger partial charge in [-0.15, -0.1) is 0 Å². The van der Waals surface area contributed by atoms with Gasteiger partial charge in [-0.25, -0.2) is 0 Å². The number of aryl methyl sites for hydroxylation is 2.